The predicted octanol–water partition coefficient (Wildman–Crippen LogP) is 2.64. The molecule has 1 aromatic heterocycles. The Labute approximate surface area is 136 Å². The summed E-state index contributed by atoms with van der Waals surface area (Å²) in [4.78, 5) is 18.7. The van der Waals surface area contributed by atoms with Crippen LogP contribution in [0.1, 0.15) is 23.9 Å². The van der Waals surface area contributed by atoms with Crippen molar-refractivity contribution < 1.29 is 9.53 Å². The lowest BCUT2D eigenvalue weighted by Crippen LogP contribution is -2.40. The number of nitrogens with zero attached hydrogens (tertiary/aromatic N) is 3. The second-order valence-electron chi connectivity index (χ2n) is 5.67. The van der Waals surface area contributed by atoms with Crippen LogP contribution in [-0.4, -0.2) is 34.1 Å². The topological polar surface area (TPSA) is 59.4 Å². The first-order valence-electron chi connectivity index (χ1n) is 7.88. The van der Waals surface area contributed by atoms with Crippen molar-refractivity contribution in [3.8, 4) is 0 Å². The summed E-state index contributed by atoms with van der Waals surface area (Å²) in [6, 6.07) is 7.89. The summed E-state index contributed by atoms with van der Waals surface area (Å²) in [6.45, 7) is 4.57. The predicted molar refractivity (Wildman–Crippen MR) is 88.2 cm³/mol. The summed E-state index contributed by atoms with van der Waals surface area (Å²) in [7, 11) is 1.65. The van der Waals surface area contributed by atoms with Crippen LogP contribution in [0.4, 0.5) is 10.5 Å². The number of methoxy groups -OCH3 is 1. The zero-order valence-corrected chi connectivity index (χ0v) is 13.6. The van der Waals surface area contributed by atoms with E-state index in [-0.39, 0.29) is 6.03 Å². The van der Waals surface area contributed by atoms with Gasteiger partial charge in [0.1, 0.15) is 0 Å². The monoisotopic (exact) mass is 314 g/mol. The van der Waals surface area contributed by atoms with Gasteiger partial charge in [-0.15, -0.1) is 0 Å². The molecule has 1 aliphatic heterocycles. The average molecular weight is 314 g/mol. The second kappa shape index (κ2) is 6.83. The van der Waals surface area contributed by atoms with Gasteiger partial charge < -0.3 is 19.5 Å². The van der Waals surface area contributed by atoms with Gasteiger partial charge in [-0.1, -0.05) is 19.1 Å². The Hall–Kier alpha value is -2.34. The van der Waals surface area contributed by atoms with Crippen molar-refractivity contribution in [3.63, 3.8) is 0 Å². The number of amides is 2. The van der Waals surface area contributed by atoms with Crippen LogP contribution in [-0.2, 0) is 30.9 Å². The third kappa shape index (κ3) is 3.37. The molecule has 6 nitrogen and oxygen atoms in total. The molecule has 0 radical (unpaired) electrons. The minimum absolute atomic E-state index is 0.0786. The molecule has 2 heterocycles. The number of fused-ring (bicyclic) bond motifs is 1. The van der Waals surface area contributed by atoms with E-state index in [2.05, 4.69) is 21.8 Å². The quantitative estimate of drug-likeness (QED) is 0.944. The SMILES string of the molecule is CCc1ccc(NC(=O)N2CCn3cnc(COC)c3C2)cc1. The highest BCUT2D eigenvalue weighted by Gasteiger charge is 2.23. The van der Waals surface area contributed by atoms with Gasteiger partial charge in [-0.25, -0.2) is 9.78 Å². The van der Waals surface area contributed by atoms with Crippen molar-refractivity contribution in [2.24, 2.45) is 0 Å². The summed E-state index contributed by atoms with van der Waals surface area (Å²) in [6.07, 6.45) is 2.81. The number of carbonyl (C=O) groups is 1. The maximum Gasteiger partial charge on any atom is 0.322 e. The molecule has 2 amide bonds. The first-order chi connectivity index (χ1) is 11.2. The Morgan fingerprint density at radius 1 is 1.30 bits per heavy atom. The summed E-state index contributed by atoms with van der Waals surface area (Å²) < 4.78 is 7.26. The molecule has 1 aromatic carbocycles. The maximum absolute atomic E-state index is 12.5. The molecule has 0 fully saturated rings. The number of rotatable bonds is 4. The van der Waals surface area contributed by atoms with Gasteiger partial charge in [0.2, 0.25) is 0 Å². The Balaban J connectivity index is 1.67. The minimum Gasteiger partial charge on any atom is -0.378 e. The van der Waals surface area contributed by atoms with Gasteiger partial charge in [-0.05, 0) is 24.1 Å². The van der Waals surface area contributed by atoms with Crippen LogP contribution >= 0.6 is 0 Å². The molecule has 0 saturated heterocycles. The zero-order chi connectivity index (χ0) is 16.2. The number of hydrogen-bond donors (Lipinski definition) is 1. The Morgan fingerprint density at radius 3 is 2.78 bits per heavy atom. The molecule has 122 valence electrons. The van der Waals surface area contributed by atoms with E-state index in [4.69, 9.17) is 4.74 Å². The van der Waals surface area contributed by atoms with Gasteiger partial charge in [-0.2, -0.15) is 0 Å². The largest absolute Gasteiger partial charge is 0.378 e. The van der Waals surface area contributed by atoms with Crippen molar-refractivity contribution in [2.75, 3.05) is 19.0 Å². The molecule has 3 rings (SSSR count). The number of ether oxygens (including phenoxy) is 1. The number of carbonyl (C=O) groups excluding carboxylic acids is 1. The Morgan fingerprint density at radius 2 is 2.09 bits per heavy atom. The number of imidazole rings is 1. The van der Waals surface area contributed by atoms with Gasteiger partial charge in [-0.3, -0.25) is 0 Å². The normalized spacial score (nSPS) is 13.7. The van der Waals surface area contributed by atoms with Crippen molar-refractivity contribution in [3.05, 3.63) is 47.5 Å². The minimum atomic E-state index is -0.0786. The highest BCUT2D eigenvalue weighted by Crippen LogP contribution is 2.18. The van der Waals surface area contributed by atoms with E-state index < -0.39 is 0 Å². The molecule has 0 unspecified atom stereocenters. The van der Waals surface area contributed by atoms with Crippen molar-refractivity contribution in [1.82, 2.24) is 14.5 Å². The van der Waals surface area contributed by atoms with Crippen LogP contribution in [0.25, 0.3) is 0 Å². The fourth-order valence-corrected chi connectivity index (χ4v) is 2.77. The molecular formula is C17H22N4O2. The number of benzene rings is 1. The van der Waals surface area contributed by atoms with Crippen LogP contribution in [0, 0.1) is 0 Å². The highest BCUT2D eigenvalue weighted by molar-refractivity contribution is 5.89. The first-order valence-corrected chi connectivity index (χ1v) is 7.88. The molecule has 0 spiro atoms. The number of urea groups is 1. The van der Waals surface area contributed by atoms with E-state index in [0.717, 1.165) is 30.0 Å². The third-order valence-electron chi connectivity index (χ3n) is 4.17. The fourth-order valence-electron chi connectivity index (χ4n) is 2.77. The summed E-state index contributed by atoms with van der Waals surface area (Å²) in [5.74, 6) is 0. The van der Waals surface area contributed by atoms with Crippen LogP contribution in [0.15, 0.2) is 30.6 Å². The average Bonchev–Trinajstić information content (AvgIpc) is 2.98. The van der Waals surface area contributed by atoms with Gasteiger partial charge in [0, 0.05) is 25.9 Å². The van der Waals surface area contributed by atoms with Gasteiger partial charge in [0.25, 0.3) is 0 Å². The number of hydrogen-bond acceptors (Lipinski definition) is 3. The van der Waals surface area contributed by atoms with E-state index in [1.54, 1.807) is 7.11 Å². The second-order valence-corrected chi connectivity index (χ2v) is 5.67. The van der Waals surface area contributed by atoms with Crippen LogP contribution in [0.3, 0.4) is 0 Å². The smallest absolute Gasteiger partial charge is 0.322 e. The Bertz CT molecular complexity index is 678. The lowest BCUT2D eigenvalue weighted by Gasteiger charge is -2.29. The van der Waals surface area contributed by atoms with Gasteiger partial charge in [0.15, 0.2) is 0 Å². The van der Waals surface area contributed by atoms with Crippen LogP contribution < -0.4 is 5.32 Å². The van der Waals surface area contributed by atoms with Gasteiger partial charge >= 0.3 is 6.03 Å². The number of aromatic nitrogens is 2. The van der Waals surface area contributed by atoms with E-state index in [0.29, 0.717) is 19.7 Å². The van der Waals surface area contributed by atoms with Crippen molar-refractivity contribution in [1.29, 1.82) is 0 Å². The zero-order valence-electron chi connectivity index (χ0n) is 13.6. The lowest BCUT2D eigenvalue weighted by atomic mass is 10.1. The molecule has 0 atom stereocenters. The number of nitrogens with one attached hydrogen (secondary N) is 1. The van der Waals surface area contributed by atoms with Crippen molar-refractivity contribution in [2.45, 2.75) is 33.0 Å². The standard InChI is InChI=1S/C17H22N4O2/c1-3-13-4-6-14(7-5-13)19-17(22)20-8-9-21-12-18-15(11-23-2)16(21)10-20/h4-7,12H,3,8-11H2,1-2H3,(H,19,22). The molecular weight excluding hydrogens is 292 g/mol. The van der Waals surface area contributed by atoms with E-state index in [1.807, 2.05) is 35.5 Å². The van der Waals surface area contributed by atoms with Crippen LogP contribution in [0.2, 0.25) is 0 Å². The third-order valence-corrected chi connectivity index (χ3v) is 4.17. The molecule has 1 aliphatic rings. The Kier molecular flexibility index (Phi) is 4.62. The van der Waals surface area contributed by atoms with Crippen molar-refractivity contribution >= 4 is 11.7 Å². The maximum atomic E-state index is 12.5. The first kappa shape index (κ1) is 15.6. The molecule has 0 bridgehead atoms. The van der Waals surface area contributed by atoms with E-state index in [9.17, 15) is 4.79 Å². The molecule has 2 aromatic rings. The number of anilines is 1. The van der Waals surface area contributed by atoms with E-state index in [1.165, 1.54) is 5.56 Å². The molecule has 0 saturated carbocycles. The summed E-state index contributed by atoms with van der Waals surface area (Å²) in [5, 5.41) is 2.96. The molecule has 23 heavy (non-hydrogen) atoms. The molecule has 1 N–H and O–H groups in total. The van der Waals surface area contributed by atoms with Gasteiger partial charge in [0.05, 0.1) is 30.9 Å². The molecule has 0 aliphatic carbocycles. The fraction of sp³-hybridized carbons (Fsp3) is 0.412. The van der Waals surface area contributed by atoms with Crippen LogP contribution in [0.5, 0.6) is 0 Å². The number of aryl methyl sites for hydroxylation is 1. The molecule has 6 heteroatoms. The summed E-state index contributed by atoms with van der Waals surface area (Å²) >= 11 is 0. The lowest BCUT2D eigenvalue weighted by molar-refractivity contribution is 0.175. The summed E-state index contributed by atoms with van der Waals surface area (Å²) in [5.41, 5.74) is 4.03. The van der Waals surface area contributed by atoms with E-state index >= 15 is 0 Å². The highest BCUT2D eigenvalue weighted by atomic mass is 16.5.